The van der Waals surface area contributed by atoms with E-state index < -0.39 is 0 Å². The largest absolute Gasteiger partial charge is 0.234 e. The number of isocyanates is 1. The third kappa shape index (κ3) is 5.73. The Morgan fingerprint density at radius 2 is 2.50 bits per heavy atom. The lowest BCUT2D eigenvalue weighted by atomic mass is 10.8. The smallest absolute Gasteiger partial charge is 0.211 e. The zero-order valence-corrected chi connectivity index (χ0v) is 5.70. The highest BCUT2D eigenvalue weighted by Crippen LogP contribution is 1.95. The van der Waals surface area contributed by atoms with Crippen LogP contribution in [0.4, 0.5) is 0 Å². The number of carbonyl (C=O) groups excluding carboxylic acids is 1. The Kier molecular flexibility index (Phi) is 6.50. The van der Waals surface area contributed by atoms with Crippen LogP contribution in [0.2, 0.25) is 0 Å². The van der Waals surface area contributed by atoms with Crippen LogP contribution in [0.5, 0.6) is 0 Å². The summed E-state index contributed by atoms with van der Waals surface area (Å²) in [6, 6.07) is 0. The fraction of sp³-hybridized carbons (Fsp3) is 0.800. The minimum Gasteiger partial charge on any atom is -0.211 e. The molecule has 0 unspecified atom stereocenters. The topological polar surface area (TPSA) is 29.4 Å². The van der Waals surface area contributed by atoms with Gasteiger partial charge in [0, 0.05) is 5.75 Å². The van der Waals surface area contributed by atoms with Crippen molar-refractivity contribution in [1.29, 1.82) is 0 Å². The second kappa shape index (κ2) is 6.73. The normalized spacial score (nSPS) is 8.12. The molecule has 0 aromatic carbocycles. The molecule has 0 atom stereocenters. The predicted octanol–water partition coefficient (Wildman–Crippen LogP) is 1.08. The van der Waals surface area contributed by atoms with Crippen LogP contribution in [0.25, 0.3) is 0 Å². The quantitative estimate of drug-likeness (QED) is 0.324. The minimum absolute atomic E-state index is 0.613. The molecule has 0 fully saturated rings. The van der Waals surface area contributed by atoms with E-state index in [0.29, 0.717) is 6.54 Å². The molecule has 2 nitrogen and oxygen atoms in total. The van der Waals surface area contributed by atoms with Gasteiger partial charge in [0.2, 0.25) is 6.08 Å². The minimum atomic E-state index is 0.613. The molecular weight excluding hydrogens is 122 g/mol. The van der Waals surface area contributed by atoms with Crippen molar-refractivity contribution in [3.05, 3.63) is 0 Å². The zero-order chi connectivity index (χ0) is 6.24. The lowest BCUT2D eigenvalue weighted by molar-refractivity contribution is 0.563. The van der Waals surface area contributed by atoms with Gasteiger partial charge in [-0.15, -0.1) is 0 Å². The van der Waals surface area contributed by atoms with Gasteiger partial charge in [-0.1, -0.05) is 6.92 Å². The number of rotatable bonds is 4. The molecule has 0 saturated heterocycles. The summed E-state index contributed by atoms with van der Waals surface area (Å²) in [6.07, 6.45) is 1.49. The molecule has 0 N–H and O–H groups in total. The molecule has 0 bridgehead atoms. The van der Waals surface area contributed by atoms with E-state index in [2.05, 4.69) is 11.9 Å². The average molecular weight is 131 g/mol. The molecule has 0 aliphatic rings. The summed E-state index contributed by atoms with van der Waals surface area (Å²) in [7, 11) is 0. The van der Waals surface area contributed by atoms with Crippen molar-refractivity contribution in [2.24, 2.45) is 4.99 Å². The van der Waals surface area contributed by atoms with Crippen LogP contribution in [-0.4, -0.2) is 24.1 Å². The van der Waals surface area contributed by atoms with E-state index >= 15 is 0 Å². The highest BCUT2D eigenvalue weighted by molar-refractivity contribution is 7.99. The summed E-state index contributed by atoms with van der Waals surface area (Å²) in [6.45, 7) is 2.69. The van der Waals surface area contributed by atoms with Crippen molar-refractivity contribution in [1.82, 2.24) is 0 Å². The summed E-state index contributed by atoms with van der Waals surface area (Å²) in [5.74, 6) is 2.03. The lowest BCUT2D eigenvalue weighted by Crippen LogP contribution is -1.83. The third-order valence-electron chi connectivity index (χ3n) is 0.616. The van der Waals surface area contributed by atoms with Crippen LogP contribution in [0, 0.1) is 0 Å². The Morgan fingerprint density at radius 3 is 3.00 bits per heavy atom. The highest BCUT2D eigenvalue weighted by atomic mass is 32.2. The maximum Gasteiger partial charge on any atom is 0.234 e. The molecule has 0 radical (unpaired) electrons. The van der Waals surface area contributed by atoms with Crippen LogP contribution >= 0.6 is 11.8 Å². The molecule has 46 valence electrons. The number of hydrogen-bond donors (Lipinski definition) is 0. The van der Waals surface area contributed by atoms with Crippen LogP contribution < -0.4 is 0 Å². The van der Waals surface area contributed by atoms with Crippen molar-refractivity contribution in [2.75, 3.05) is 18.1 Å². The van der Waals surface area contributed by atoms with Crippen LogP contribution in [0.1, 0.15) is 6.92 Å². The van der Waals surface area contributed by atoms with Crippen molar-refractivity contribution < 1.29 is 4.79 Å². The van der Waals surface area contributed by atoms with Crippen LogP contribution in [0.15, 0.2) is 4.99 Å². The van der Waals surface area contributed by atoms with Gasteiger partial charge in [0.05, 0.1) is 6.54 Å². The standard InChI is InChI=1S/C5H9NOS/c1-2-8-4-3-6-5-7/h2-4H2,1H3. The Labute approximate surface area is 53.4 Å². The zero-order valence-electron chi connectivity index (χ0n) is 4.89. The summed E-state index contributed by atoms with van der Waals surface area (Å²) in [5.41, 5.74) is 0. The van der Waals surface area contributed by atoms with Gasteiger partial charge in [-0.2, -0.15) is 11.8 Å². The highest BCUT2D eigenvalue weighted by Gasteiger charge is 1.79. The second-order valence-corrected chi connectivity index (χ2v) is 2.56. The van der Waals surface area contributed by atoms with E-state index in [1.807, 2.05) is 0 Å². The molecule has 0 aliphatic carbocycles. The van der Waals surface area contributed by atoms with E-state index in [1.54, 1.807) is 11.8 Å². The van der Waals surface area contributed by atoms with Gasteiger partial charge in [-0.05, 0) is 5.75 Å². The summed E-state index contributed by atoms with van der Waals surface area (Å²) in [4.78, 5) is 12.8. The van der Waals surface area contributed by atoms with Gasteiger partial charge in [-0.25, -0.2) is 9.79 Å². The first-order valence-corrected chi connectivity index (χ1v) is 3.68. The van der Waals surface area contributed by atoms with Gasteiger partial charge in [0.25, 0.3) is 0 Å². The average Bonchev–Trinajstić information content (AvgIpc) is 1.81. The summed E-state index contributed by atoms with van der Waals surface area (Å²) >= 11 is 1.78. The molecule has 0 spiro atoms. The number of thioether (sulfide) groups is 1. The molecule has 0 aliphatic heterocycles. The number of nitrogens with zero attached hydrogens (tertiary/aromatic N) is 1. The maximum absolute atomic E-state index is 9.47. The molecule has 0 heterocycles. The van der Waals surface area contributed by atoms with Crippen molar-refractivity contribution >= 4 is 17.8 Å². The Morgan fingerprint density at radius 1 is 1.75 bits per heavy atom. The van der Waals surface area contributed by atoms with Gasteiger partial charge in [0.1, 0.15) is 0 Å². The molecule has 0 amide bonds. The second-order valence-electron chi connectivity index (χ2n) is 1.17. The molecule has 0 aromatic heterocycles. The third-order valence-corrected chi connectivity index (χ3v) is 1.50. The van der Waals surface area contributed by atoms with Crippen LogP contribution in [-0.2, 0) is 4.79 Å². The van der Waals surface area contributed by atoms with Gasteiger partial charge in [-0.3, -0.25) is 0 Å². The number of aliphatic imine (C=N–C) groups is 1. The van der Waals surface area contributed by atoms with Crippen molar-refractivity contribution in [2.45, 2.75) is 6.92 Å². The van der Waals surface area contributed by atoms with E-state index in [4.69, 9.17) is 0 Å². The SMILES string of the molecule is CCSCCN=C=O. The molecule has 0 rings (SSSR count). The molecular formula is C5H9NOS. The first-order valence-electron chi connectivity index (χ1n) is 2.53. The maximum atomic E-state index is 9.47. The monoisotopic (exact) mass is 131 g/mol. The fourth-order valence-corrected chi connectivity index (χ4v) is 0.809. The van der Waals surface area contributed by atoms with Gasteiger partial charge in [0.15, 0.2) is 0 Å². The van der Waals surface area contributed by atoms with E-state index in [-0.39, 0.29) is 0 Å². The molecule has 8 heavy (non-hydrogen) atoms. The first kappa shape index (κ1) is 7.73. The van der Waals surface area contributed by atoms with Crippen molar-refractivity contribution in [3.8, 4) is 0 Å². The fourth-order valence-electron chi connectivity index (χ4n) is 0.300. The van der Waals surface area contributed by atoms with Crippen LogP contribution in [0.3, 0.4) is 0 Å². The Balaban J connectivity index is 2.82. The summed E-state index contributed by atoms with van der Waals surface area (Å²) in [5, 5.41) is 0. The first-order chi connectivity index (χ1) is 3.91. The van der Waals surface area contributed by atoms with Gasteiger partial charge < -0.3 is 0 Å². The number of hydrogen-bond acceptors (Lipinski definition) is 3. The predicted molar refractivity (Wildman–Crippen MR) is 36.0 cm³/mol. The molecule has 0 aromatic rings. The molecule has 3 heteroatoms. The lowest BCUT2D eigenvalue weighted by Gasteiger charge is -1.87. The van der Waals surface area contributed by atoms with E-state index in [9.17, 15) is 4.79 Å². The Bertz CT molecular complexity index is 88.4. The Hall–Kier alpha value is -0.270. The summed E-state index contributed by atoms with van der Waals surface area (Å²) < 4.78 is 0. The molecule has 0 saturated carbocycles. The van der Waals surface area contributed by atoms with Crippen molar-refractivity contribution in [3.63, 3.8) is 0 Å². The van der Waals surface area contributed by atoms with E-state index in [0.717, 1.165) is 11.5 Å². The van der Waals surface area contributed by atoms with Gasteiger partial charge >= 0.3 is 0 Å². The van der Waals surface area contributed by atoms with E-state index in [1.165, 1.54) is 6.08 Å².